The molecule has 3 nitrogen and oxygen atoms in total. The first-order chi connectivity index (χ1) is 7.22. The number of nitrogen functional groups attached to an aromatic ring is 1. The van der Waals surface area contributed by atoms with Crippen LogP contribution in [0.4, 0.5) is 5.69 Å². The Morgan fingerprint density at radius 2 is 2.33 bits per heavy atom. The largest absolute Gasteiger partial charge is 0.492 e. The first-order valence-electron chi connectivity index (χ1n) is 5.13. The van der Waals surface area contributed by atoms with E-state index in [0.717, 1.165) is 5.92 Å². The summed E-state index contributed by atoms with van der Waals surface area (Å²) in [5.74, 6) is 2.02. The molecule has 0 heterocycles. The van der Waals surface area contributed by atoms with Gasteiger partial charge in [0.25, 0.3) is 0 Å². The van der Waals surface area contributed by atoms with Crippen molar-refractivity contribution >= 4 is 5.69 Å². The van der Waals surface area contributed by atoms with Crippen molar-refractivity contribution in [1.29, 1.82) is 5.26 Å². The molecule has 1 aromatic rings. The lowest BCUT2D eigenvalue weighted by Gasteiger charge is -2.08. The quantitative estimate of drug-likeness (QED) is 0.764. The van der Waals surface area contributed by atoms with Crippen molar-refractivity contribution in [2.75, 3.05) is 12.3 Å². The second kappa shape index (κ2) is 3.82. The van der Waals surface area contributed by atoms with Crippen LogP contribution in [0.3, 0.4) is 0 Å². The zero-order valence-corrected chi connectivity index (χ0v) is 8.73. The lowest BCUT2D eigenvalue weighted by molar-refractivity contribution is 0.293. The maximum absolute atomic E-state index is 8.92. The van der Waals surface area contributed by atoms with E-state index in [2.05, 4.69) is 13.0 Å². The van der Waals surface area contributed by atoms with Gasteiger partial charge in [-0.05, 0) is 30.4 Å². The molecule has 2 atom stereocenters. The van der Waals surface area contributed by atoms with Crippen molar-refractivity contribution in [3.8, 4) is 11.8 Å². The standard InChI is InChI=1S/C12H14N2O/c1-8-5-9(8)7-15-12-4-2-3-11(14)10(12)6-13/h2-4,8-9H,5,7,14H2,1H3/t8-,9-/m1/s1. The van der Waals surface area contributed by atoms with Crippen LogP contribution in [-0.4, -0.2) is 6.61 Å². The molecule has 1 saturated carbocycles. The minimum absolute atomic E-state index is 0.450. The molecule has 15 heavy (non-hydrogen) atoms. The Morgan fingerprint density at radius 3 is 2.93 bits per heavy atom. The molecular formula is C12H14N2O. The molecule has 78 valence electrons. The van der Waals surface area contributed by atoms with Gasteiger partial charge < -0.3 is 10.5 Å². The summed E-state index contributed by atoms with van der Waals surface area (Å²) >= 11 is 0. The van der Waals surface area contributed by atoms with Crippen molar-refractivity contribution in [3.05, 3.63) is 23.8 Å². The smallest absolute Gasteiger partial charge is 0.139 e. The van der Waals surface area contributed by atoms with E-state index in [4.69, 9.17) is 15.7 Å². The summed E-state index contributed by atoms with van der Waals surface area (Å²) in [6.07, 6.45) is 1.23. The van der Waals surface area contributed by atoms with Gasteiger partial charge in [-0.15, -0.1) is 0 Å². The number of anilines is 1. The molecule has 0 spiro atoms. The molecule has 2 rings (SSSR count). The lowest BCUT2D eigenvalue weighted by Crippen LogP contribution is -2.03. The summed E-state index contributed by atoms with van der Waals surface area (Å²) in [7, 11) is 0. The highest BCUT2D eigenvalue weighted by Gasteiger charge is 2.33. The maximum atomic E-state index is 8.92. The minimum Gasteiger partial charge on any atom is -0.492 e. The van der Waals surface area contributed by atoms with Crippen LogP contribution in [-0.2, 0) is 0 Å². The van der Waals surface area contributed by atoms with Crippen LogP contribution in [0.1, 0.15) is 18.9 Å². The van der Waals surface area contributed by atoms with Gasteiger partial charge in [0.2, 0.25) is 0 Å². The Balaban J connectivity index is 2.07. The van der Waals surface area contributed by atoms with Crippen molar-refractivity contribution < 1.29 is 4.74 Å². The second-order valence-electron chi connectivity index (χ2n) is 4.12. The van der Waals surface area contributed by atoms with Gasteiger partial charge in [-0.2, -0.15) is 5.26 Å². The maximum Gasteiger partial charge on any atom is 0.139 e. The van der Waals surface area contributed by atoms with E-state index >= 15 is 0 Å². The van der Waals surface area contributed by atoms with Gasteiger partial charge >= 0.3 is 0 Å². The van der Waals surface area contributed by atoms with Gasteiger partial charge in [0, 0.05) is 0 Å². The van der Waals surface area contributed by atoms with Crippen LogP contribution in [0.15, 0.2) is 18.2 Å². The average molecular weight is 202 g/mol. The second-order valence-corrected chi connectivity index (χ2v) is 4.12. The molecule has 1 aliphatic carbocycles. The van der Waals surface area contributed by atoms with E-state index in [1.54, 1.807) is 12.1 Å². The van der Waals surface area contributed by atoms with Crippen LogP contribution in [0.2, 0.25) is 0 Å². The third kappa shape index (κ3) is 2.04. The summed E-state index contributed by atoms with van der Waals surface area (Å²) in [6.45, 7) is 2.90. The third-order valence-corrected chi connectivity index (χ3v) is 2.90. The zero-order chi connectivity index (χ0) is 10.8. The summed E-state index contributed by atoms with van der Waals surface area (Å²) in [5.41, 5.74) is 6.61. The Bertz CT molecular complexity index is 409. The van der Waals surface area contributed by atoms with Crippen LogP contribution >= 0.6 is 0 Å². The molecule has 0 unspecified atom stereocenters. The van der Waals surface area contributed by atoms with Gasteiger partial charge in [0.15, 0.2) is 0 Å². The van der Waals surface area contributed by atoms with Crippen LogP contribution in [0.5, 0.6) is 5.75 Å². The fourth-order valence-electron chi connectivity index (χ4n) is 1.62. The van der Waals surface area contributed by atoms with E-state index in [1.165, 1.54) is 6.42 Å². The highest BCUT2D eigenvalue weighted by molar-refractivity contribution is 5.60. The number of rotatable bonds is 3. The Morgan fingerprint density at radius 1 is 1.60 bits per heavy atom. The Kier molecular flexibility index (Phi) is 2.51. The van der Waals surface area contributed by atoms with Gasteiger partial charge in [-0.3, -0.25) is 0 Å². The van der Waals surface area contributed by atoms with Crippen LogP contribution in [0, 0.1) is 23.2 Å². The van der Waals surface area contributed by atoms with Gasteiger partial charge in [0.05, 0.1) is 12.3 Å². The first-order valence-corrected chi connectivity index (χ1v) is 5.13. The summed E-state index contributed by atoms with van der Waals surface area (Å²) in [5, 5.41) is 8.92. The minimum atomic E-state index is 0.450. The van der Waals surface area contributed by atoms with Gasteiger partial charge in [0.1, 0.15) is 17.4 Å². The molecular weight excluding hydrogens is 188 g/mol. The predicted molar refractivity (Wildman–Crippen MR) is 58.3 cm³/mol. The molecule has 0 amide bonds. The van der Waals surface area contributed by atoms with Crippen molar-refractivity contribution in [3.63, 3.8) is 0 Å². The van der Waals surface area contributed by atoms with E-state index in [0.29, 0.717) is 29.5 Å². The molecule has 0 bridgehead atoms. The lowest BCUT2D eigenvalue weighted by atomic mass is 10.2. The monoisotopic (exact) mass is 202 g/mol. The topological polar surface area (TPSA) is 59.0 Å². The molecule has 0 aliphatic heterocycles. The normalized spacial score (nSPS) is 23.2. The molecule has 3 heteroatoms. The number of nitrogens with zero attached hydrogens (tertiary/aromatic N) is 1. The number of ether oxygens (including phenoxy) is 1. The third-order valence-electron chi connectivity index (χ3n) is 2.90. The van der Waals surface area contributed by atoms with Gasteiger partial charge in [-0.25, -0.2) is 0 Å². The fraction of sp³-hybridized carbons (Fsp3) is 0.417. The molecule has 2 N–H and O–H groups in total. The Labute approximate surface area is 89.5 Å². The average Bonchev–Trinajstić information content (AvgIpc) is 2.92. The molecule has 1 fully saturated rings. The number of nitriles is 1. The summed E-state index contributed by atoms with van der Waals surface area (Å²) < 4.78 is 5.60. The molecule has 1 aliphatic rings. The highest BCUT2D eigenvalue weighted by Crippen LogP contribution is 2.38. The van der Waals surface area contributed by atoms with E-state index in [1.807, 2.05) is 6.07 Å². The number of nitrogens with two attached hydrogens (primary N) is 1. The Hall–Kier alpha value is -1.69. The number of hydrogen-bond acceptors (Lipinski definition) is 3. The van der Waals surface area contributed by atoms with Crippen LogP contribution in [0.25, 0.3) is 0 Å². The van der Waals surface area contributed by atoms with Crippen LogP contribution < -0.4 is 10.5 Å². The predicted octanol–water partition coefficient (Wildman–Crippen LogP) is 2.18. The van der Waals surface area contributed by atoms with Crippen molar-refractivity contribution in [1.82, 2.24) is 0 Å². The SMILES string of the molecule is C[C@@H]1C[C@@H]1COc1cccc(N)c1C#N. The number of benzene rings is 1. The van der Waals surface area contributed by atoms with E-state index in [-0.39, 0.29) is 0 Å². The highest BCUT2D eigenvalue weighted by atomic mass is 16.5. The first kappa shape index (κ1) is 9.85. The molecule has 0 radical (unpaired) electrons. The molecule has 0 saturated heterocycles. The molecule has 0 aromatic heterocycles. The number of hydrogen-bond donors (Lipinski definition) is 1. The zero-order valence-electron chi connectivity index (χ0n) is 8.73. The van der Waals surface area contributed by atoms with E-state index < -0.39 is 0 Å². The van der Waals surface area contributed by atoms with Crippen molar-refractivity contribution in [2.45, 2.75) is 13.3 Å². The molecule has 1 aromatic carbocycles. The fourth-order valence-corrected chi connectivity index (χ4v) is 1.62. The van der Waals surface area contributed by atoms with Crippen molar-refractivity contribution in [2.24, 2.45) is 11.8 Å². The summed E-state index contributed by atoms with van der Waals surface area (Å²) in [4.78, 5) is 0. The van der Waals surface area contributed by atoms with Gasteiger partial charge in [-0.1, -0.05) is 13.0 Å². The summed E-state index contributed by atoms with van der Waals surface area (Å²) in [6, 6.07) is 7.38. The van der Waals surface area contributed by atoms with E-state index in [9.17, 15) is 0 Å².